The van der Waals surface area contributed by atoms with E-state index in [0.29, 0.717) is 41.2 Å². The molecule has 1 N–H and O–H groups in total. The highest BCUT2D eigenvalue weighted by Gasteiger charge is 2.14. The first-order chi connectivity index (χ1) is 15.0. The molecule has 0 bridgehead atoms. The van der Waals surface area contributed by atoms with E-state index in [9.17, 15) is 9.18 Å². The molecule has 0 unspecified atom stereocenters. The van der Waals surface area contributed by atoms with Crippen LogP contribution >= 0.6 is 11.3 Å². The predicted octanol–water partition coefficient (Wildman–Crippen LogP) is 3.92. The van der Waals surface area contributed by atoms with Crippen LogP contribution in [0, 0.1) is 5.82 Å². The first-order valence-corrected chi connectivity index (χ1v) is 10.4. The minimum atomic E-state index is -0.308. The fraction of sp³-hybridized carbons (Fsp3) is 0.273. The van der Waals surface area contributed by atoms with Gasteiger partial charge in [0.2, 0.25) is 5.91 Å². The molecule has 0 aliphatic heterocycles. The van der Waals surface area contributed by atoms with Crippen LogP contribution < -0.4 is 19.5 Å². The molecule has 0 aliphatic rings. The van der Waals surface area contributed by atoms with Gasteiger partial charge in [0.15, 0.2) is 5.13 Å². The number of carbonyl (C=O) groups excluding carboxylic acids is 1. The molecule has 0 radical (unpaired) electrons. The van der Waals surface area contributed by atoms with Crippen LogP contribution in [0.5, 0.6) is 17.2 Å². The minimum Gasteiger partial charge on any atom is -0.497 e. The number of anilines is 1. The minimum absolute atomic E-state index is 0.174. The fourth-order valence-corrected chi connectivity index (χ4v) is 3.52. The number of benzene rings is 2. The van der Waals surface area contributed by atoms with Crippen LogP contribution in [0.3, 0.4) is 0 Å². The number of aromatic nitrogens is 1. The summed E-state index contributed by atoms with van der Waals surface area (Å²) in [6.45, 7) is 1.11. The van der Waals surface area contributed by atoms with E-state index in [1.807, 2.05) is 29.5 Å². The SMILES string of the molecule is COc1ccc(-c2csc(NC(=O)CN(C)CCOc3ccc(F)cc3)n2)c(OC)c1. The number of carbonyl (C=O) groups is 1. The van der Waals surface area contributed by atoms with Gasteiger partial charge in [0.05, 0.1) is 26.5 Å². The Kier molecular flexibility index (Phi) is 7.80. The molecular formula is C22H24FN3O4S. The number of ether oxygens (including phenoxy) is 3. The van der Waals surface area contributed by atoms with Crippen LogP contribution in [0.4, 0.5) is 9.52 Å². The molecule has 7 nitrogen and oxygen atoms in total. The number of likely N-dealkylation sites (N-methyl/N-ethyl adjacent to an activating group) is 1. The Morgan fingerprint density at radius 2 is 1.87 bits per heavy atom. The van der Waals surface area contributed by atoms with E-state index < -0.39 is 0 Å². The van der Waals surface area contributed by atoms with Crippen LogP contribution in [-0.4, -0.2) is 56.8 Å². The number of amides is 1. The van der Waals surface area contributed by atoms with Gasteiger partial charge in [0.1, 0.15) is 29.7 Å². The van der Waals surface area contributed by atoms with Gasteiger partial charge in [0.25, 0.3) is 0 Å². The summed E-state index contributed by atoms with van der Waals surface area (Å²) in [6.07, 6.45) is 0. The van der Waals surface area contributed by atoms with Gasteiger partial charge in [-0.2, -0.15) is 0 Å². The summed E-state index contributed by atoms with van der Waals surface area (Å²) in [7, 11) is 5.00. The van der Waals surface area contributed by atoms with Crippen molar-refractivity contribution in [3.05, 3.63) is 53.7 Å². The first-order valence-electron chi connectivity index (χ1n) is 9.53. The number of nitrogens with zero attached hydrogens (tertiary/aromatic N) is 2. The lowest BCUT2D eigenvalue weighted by atomic mass is 10.1. The Bertz CT molecular complexity index is 1010. The van der Waals surface area contributed by atoms with Gasteiger partial charge in [-0.25, -0.2) is 9.37 Å². The molecule has 3 aromatic rings. The number of nitrogens with one attached hydrogen (secondary N) is 1. The van der Waals surface area contributed by atoms with E-state index in [1.165, 1.54) is 23.5 Å². The average Bonchev–Trinajstić information content (AvgIpc) is 3.22. The lowest BCUT2D eigenvalue weighted by Gasteiger charge is -2.16. The second kappa shape index (κ2) is 10.7. The van der Waals surface area contributed by atoms with Crippen LogP contribution in [0.25, 0.3) is 11.3 Å². The van der Waals surface area contributed by atoms with E-state index in [4.69, 9.17) is 14.2 Å². The average molecular weight is 446 g/mol. The van der Waals surface area contributed by atoms with Crippen molar-refractivity contribution in [2.45, 2.75) is 0 Å². The second-order valence-corrected chi connectivity index (χ2v) is 7.55. The summed E-state index contributed by atoms with van der Waals surface area (Å²) >= 11 is 1.34. The topological polar surface area (TPSA) is 72.9 Å². The summed E-state index contributed by atoms with van der Waals surface area (Å²) in [5, 5.41) is 5.19. The lowest BCUT2D eigenvalue weighted by Crippen LogP contribution is -2.33. The first kappa shape index (κ1) is 22.5. The summed E-state index contributed by atoms with van der Waals surface area (Å²) in [6, 6.07) is 11.3. The molecule has 9 heteroatoms. The maximum atomic E-state index is 12.9. The monoisotopic (exact) mass is 445 g/mol. The smallest absolute Gasteiger partial charge is 0.240 e. The molecule has 0 spiro atoms. The van der Waals surface area contributed by atoms with E-state index in [2.05, 4.69) is 10.3 Å². The summed E-state index contributed by atoms with van der Waals surface area (Å²) in [5.41, 5.74) is 1.52. The molecule has 0 saturated heterocycles. The Hall–Kier alpha value is -3.17. The highest BCUT2D eigenvalue weighted by Crippen LogP contribution is 2.34. The van der Waals surface area contributed by atoms with Gasteiger partial charge in [-0.15, -0.1) is 11.3 Å². The summed E-state index contributed by atoms with van der Waals surface area (Å²) in [5.74, 6) is 1.44. The molecule has 0 aliphatic carbocycles. The lowest BCUT2D eigenvalue weighted by molar-refractivity contribution is -0.117. The largest absolute Gasteiger partial charge is 0.497 e. The molecule has 0 fully saturated rings. The van der Waals surface area contributed by atoms with Gasteiger partial charge < -0.3 is 19.5 Å². The zero-order valence-corrected chi connectivity index (χ0v) is 18.4. The van der Waals surface area contributed by atoms with Crippen molar-refractivity contribution in [1.29, 1.82) is 0 Å². The quantitative estimate of drug-likeness (QED) is 0.510. The van der Waals surface area contributed by atoms with Gasteiger partial charge in [-0.1, -0.05) is 0 Å². The van der Waals surface area contributed by atoms with Crippen LogP contribution in [0.2, 0.25) is 0 Å². The maximum Gasteiger partial charge on any atom is 0.240 e. The fourth-order valence-electron chi connectivity index (χ4n) is 2.80. The molecule has 1 amide bonds. The maximum absolute atomic E-state index is 12.9. The molecule has 31 heavy (non-hydrogen) atoms. The number of thiazole rings is 1. The third-order valence-electron chi connectivity index (χ3n) is 4.40. The summed E-state index contributed by atoms with van der Waals surface area (Å²) in [4.78, 5) is 18.7. The number of rotatable bonds is 10. The molecule has 164 valence electrons. The van der Waals surface area contributed by atoms with Gasteiger partial charge in [-0.05, 0) is 43.4 Å². The van der Waals surface area contributed by atoms with Crippen molar-refractivity contribution in [3.8, 4) is 28.5 Å². The van der Waals surface area contributed by atoms with Crippen LogP contribution in [0.1, 0.15) is 0 Å². The van der Waals surface area contributed by atoms with E-state index >= 15 is 0 Å². The zero-order chi connectivity index (χ0) is 22.2. The van der Waals surface area contributed by atoms with Crippen molar-refractivity contribution in [2.24, 2.45) is 0 Å². The molecule has 0 saturated carbocycles. The Labute approximate surface area is 184 Å². The second-order valence-electron chi connectivity index (χ2n) is 6.69. The van der Waals surface area contributed by atoms with Crippen molar-refractivity contribution < 1.29 is 23.4 Å². The van der Waals surface area contributed by atoms with Crippen molar-refractivity contribution in [1.82, 2.24) is 9.88 Å². The van der Waals surface area contributed by atoms with Crippen molar-refractivity contribution in [2.75, 3.05) is 46.3 Å². The van der Waals surface area contributed by atoms with E-state index in [-0.39, 0.29) is 18.3 Å². The van der Waals surface area contributed by atoms with Crippen LogP contribution in [0.15, 0.2) is 47.8 Å². The Morgan fingerprint density at radius 1 is 1.13 bits per heavy atom. The van der Waals surface area contributed by atoms with E-state index in [1.54, 1.807) is 32.4 Å². The number of halogens is 1. The van der Waals surface area contributed by atoms with Crippen molar-refractivity contribution in [3.63, 3.8) is 0 Å². The predicted molar refractivity (Wildman–Crippen MR) is 119 cm³/mol. The molecule has 0 atom stereocenters. The third kappa shape index (κ3) is 6.40. The standard InChI is InChI=1S/C22H24FN3O4S/c1-26(10-11-30-16-6-4-15(23)5-7-16)13-21(27)25-22-24-19(14-31-22)18-9-8-17(28-2)12-20(18)29-3/h4-9,12,14H,10-11,13H2,1-3H3,(H,24,25,27). The molecule has 3 rings (SSSR count). The molecule has 1 heterocycles. The number of methoxy groups -OCH3 is 2. The van der Waals surface area contributed by atoms with Gasteiger partial charge in [0, 0.05) is 23.6 Å². The van der Waals surface area contributed by atoms with Gasteiger partial charge in [-0.3, -0.25) is 9.69 Å². The molecular weight excluding hydrogens is 421 g/mol. The Morgan fingerprint density at radius 3 is 2.58 bits per heavy atom. The summed E-state index contributed by atoms with van der Waals surface area (Å²) < 4.78 is 29.1. The Balaban J connectivity index is 1.50. The van der Waals surface area contributed by atoms with E-state index in [0.717, 1.165) is 5.56 Å². The van der Waals surface area contributed by atoms with Crippen LogP contribution in [-0.2, 0) is 4.79 Å². The van der Waals surface area contributed by atoms with Gasteiger partial charge >= 0.3 is 0 Å². The molecule has 2 aromatic carbocycles. The molecule has 1 aromatic heterocycles. The third-order valence-corrected chi connectivity index (χ3v) is 5.16. The highest BCUT2D eigenvalue weighted by molar-refractivity contribution is 7.14. The number of hydrogen-bond donors (Lipinski definition) is 1. The highest BCUT2D eigenvalue weighted by atomic mass is 32.1. The number of hydrogen-bond acceptors (Lipinski definition) is 7. The van der Waals surface area contributed by atoms with Crippen molar-refractivity contribution >= 4 is 22.4 Å². The normalized spacial score (nSPS) is 10.7. The zero-order valence-electron chi connectivity index (χ0n) is 17.6.